The zero-order valence-electron chi connectivity index (χ0n) is 16.6. The summed E-state index contributed by atoms with van der Waals surface area (Å²) >= 11 is 1.60. The number of para-hydroxylation sites is 1. The molecule has 0 bridgehead atoms. The van der Waals surface area contributed by atoms with Gasteiger partial charge in [-0.05, 0) is 69.3 Å². The summed E-state index contributed by atoms with van der Waals surface area (Å²) in [7, 11) is 0. The van der Waals surface area contributed by atoms with Crippen molar-refractivity contribution < 1.29 is 9.59 Å². The van der Waals surface area contributed by atoms with Gasteiger partial charge in [0, 0.05) is 18.7 Å². The number of amides is 2. The summed E-state index contributed by atoms with van der Waals surface area (Å²) < 4.78 is 0. The van der Waals surface area contributed by atoms with Gasteiger partial charge in [-0.25, -0.2) is 0 Å². The number of nitrogens with one attached hydrogen (secondary N) is 2. The van der Waals surface area contributed by atoms with Crippen LogP contribution in [0.5, 0.6) is 0 Å². The topological polar surface area (TPSA) is 58.2 Å². The molecule has 0 aliphatic heterocycles. The molecule has 0 saturated carbocycles. The molecule has 0 saturated heterocycles. The predicted octanol–water partition coefficient (Wildman–Crippen LogP) is 4.76. The first-order chi connectivity index (χ1) is 13.1. The molecule has 27 heavy (non-hydrogen) atoms. The van der Waals surface area contributed by atoms with Crippen molar-refractivity contribution in [1.82, 2.24) is 5.32 Å². The minimum atomic E-state index is 0.0400. The van der Waals surface area contributed by atoms with Crippen LogP contribution in [0.1, 0.15) is 56.1 Å². The van der Waals surface area contributed by atoms with E-state index in [-0.39, 0.29) is 11.8 Å². The van der Waals surface area contributed by atoms with E-state index >= 15 is 0 Å². The van der Waals surface area contributed by atoms with E-state index in [1.807, 2.05) is 32.0 Å². The summed E-state index contributed by atoms with van der Waals surface area (Å²) in [5.74, 6) is 1.42. The van der Waals surface area contributed by atoms with Crippen molar-refractivity contribution in [2.24, 2.45) is 0 Å². The van der Waals surface area contributed by atoms with Gasteiger partial charge in [0.2, 0.25) is 11.8 Å². The van der Waals surface area contributed by atoms with Crippen LogP contribution in [0.2, 0.25) is 0 Å². The lowest BCUT2D eigenvalue weighted by atomic mass is 9.97. The van der Waals surface area contributed by atoms with E-state index in [0.29, 0.717) is 12.2 Å². The van der Waals surface area contributed by atoms with Gasteiger partial charge in [-0.3, -0.25) is 9.59 Å². The second kappa shape index (κ2) is 11.9. The highest BCUT2D eigenvalue weighted by molar-refractivity contribution is 7.99. The molecule has 2 amide bonds. The maximum absolute atomic E-state index is 12.1. The van der Waals surface area contributed by atoms with Crippen molar-refractivity contribution in [1.29, 1.82) is 0 Å². The fraction of sp³-hybridized carbons (Fsp3) is 0.545. The third-order valence-corrected chi connectivity index (χ3v) is 5.87. The van der Waals surface area contributed by atoms with Crippen LogP contribution in [0, 0.1) is 13.8 Å². The Bertz CT molecular complexity index is 650. The lowest BCUT2D eigenvalue weighted by Gasteiger charge is -2.13. The largest absolute Gasteiger partial charge is 0.355 e. The molecular formula is C22H32N2O2S. The molecule has 5 heteroatoms. The van der Waals surface area contributed by atoms with E-state index in [0.717, 1.165) is 42.0 Å². The quantitative estimate of drug-likeness (QED) is 0.449. The molecule has 148 valence electrons. The second-order valence-corrected chi connectivity index (χ2v) is 8.28. The highest BCUT2D eigenvalue weighted by atomic mass is 32.2. The fourth-order valence-corrected chi connectivity index (χ4v) is 4.04. The first kappa shape index (κ1) is 21.5. The van der Waals surface area contributed by atoms with Gasteiger partial charge in [0.15, 0.2) is 0 Å². The summed E-state index contributed by atoms with van der Waals surface area (Å²) in [6.45, 7) is 4.74. The number of benzene rings is 1. The van der Waals surface area contributed by atoms with Crippen LogP contribution < -0.4 is 10.6 Å². The molecule has 0 radical (unpaired) electrons. The summed E-state index contributed by atoms with van der Waals surface area (Å²) in [5, 5.41) is 6.00. The van der Waals surface area contributed by atoms with E-state index in [1.54, 1.807) is 11.8 Å². The van der Waals surface area contributed by atoms with E-state index in [1.165, 1.54) is 31.3 Å². The van der Waals surface area contributed by atoms with Crippen molar-refractivity contribution in [2.75, 3.05) is 23.4 Å². The molecule has 0 spiro atoms. The summed E-state index contributed by atoms with van der Waals surface area (Å²) in [6.07, 6.45) is 9.54. The maximum atomic E-state index is 12.1. The first-order valence-electron chi connectivity index (χ1n) is 9.94. The third-order valence-electron chi connectivity index (χ3n) is 4.82. The highest BCUT2D eigenvalue weighted by Crippen LogP contribution is 2.20. The molecule has 0 heterocycles. The fourth-order valence-electron chi connectivity index (χ4n) is 3.26. The monoisotopic (exact) mass is 388 g/mol. The molecular weight excluding hydrogens is 356 g/mol. The van der Waals surface area contributed by atoms with Gasteiger partial charge in [-0.1, -0.05) is 29.8 Å². The van der Waals surface area contributed by atoms with Gasteiger partial charge >= 0.3 is 0 Å². The normalized spacial score (nSPS) is 13.8. The van der Waals surface area contributed by atoms with Gasteiger partial charge in [-0.15, -0.1) is 0 Å². The Balaban J connectivity index is 1.52. The molecule has 0 unspecified atom stereocenters. The highest BCUT2D eigenvalue weighted by Gasteiger charge is 2.08. The van der Waals surface area contributed by atoms with E-state index in [2.05, 4.69) is 16.7 Å². The SMILES string of the molecule is Cc1cccc(C)c1NC(=O)CCCSCC(=O)NCCC1=CCCCC1. The van der Waals surface area contributed by atoms with Crippen LogP contribution in [0.3, 0.4) is 0 Å². The van der Waals surface area contributed by atoms with E-state index < -0.39 is 0 Å². The van der Waals surface area contributed by atoms with Gasteiger partial charge in [-0.2, -0.15) is 11.8 Å². The van der Waals surface area contributed by atoms with Gasteiger partial charge < -0.3 is 10.6 Å². The number of rotatable bonds is 10. The average Bonchev–Trinajstić information content (AvgIpc) is 2.65. The van der Waals surface area contributed by atoms with Crippen molar-refractivity contribution in [3.63, 3.8) is 0 Å². The van der Waals surface area contributed by atoms with Crippen LogP contribution in [0.25, 0.3) is 0 Å². The summed E-state index contributed by atoms with van der Waals surface area (Å²) in [5.41, 5.74) is 4.57. The Morgan fingerprint density at radius 2 is 1.89 bits per heavy atom. The minimum absolute atomic E-state index is 0.0400. The Morgan fingerprint density at radius 1 is 1.11 bits per heavy atom. The molecule has 0 aromatic heterocycles. The lowest BCUT2D eigenvalue weighted by Crippen LogP contribution is -2.26. The first-order valence-corrected chi connectivity index (χ1v) is 11.1. The van der Waals surface area contributed by atoms with E-state index in [9.17, 15) is 9.59 Å². The zero-order chi connectivity index (χ0) is 19.5. The van der Waals surface area contributed by atoms with E-state index in [4.69, 9.17) is 0 Å². The smallest absolute Gasteiger partial charge is 0.230 e. The molecule has 2 rings (SSSR count). The molecule has 0 atom stereocenters. The number of aryl methyl sites for hydroxylation is 2. The number of thioether (sulfide) groups is 1. The Hall–Kier alpha value is -1.75. The standard InChI is InChI=1S/C22H32N2O2S/c1-17-8-6-9-18(2)22(17)24-20(25)12-7-15-27-16-21(26)23-14-13-19-10-4-3-5-11-19/h6,8-10H,3-5,7,11-16H2,1-2H3,(H,23,26)(H,24,25). The van der Waals surface area contributed by atoms with Crippen LogP contribution in [-0.2, 0) is 9.59 Å². The zero-order valence-corrected chi connectivity index (χ0v) is 17.4. The minimum Gasteiger partial charge on any atom is -0.355 e. The van der Waals surface area contributed by atoms with Crippen LogP contribution in [0.15, 0.2) is 29.8 Å². The molecule has 4 nitrogen and oxygen atoms in total. The number of carbonyl (C=O) groups is 2. The van der Waals surface area contributed by atoms with Crippen LogP contribution >= 0.6 is 11.8 Å². The Labute approximate surface area is 167 Å². The summed E-state index contributed by atoms with van der Waals surface area (Å²) in [4.78, 5) is 24.0. The van der Waals surface area contributed by atoms with Crippen molar-refractivity contribution in [3.05, 3.63) is 41.0 Å². The number of anilines is 1. The van der Waals surface area contributed by atoms with Crippen molar-refractivity contribution in [2.45, 2.75) is 58.8 Å². The number of hydrogen-bond acceptors (Lipinski definition) is 3. The number of hydrogen-bond donors (Lipinski definition) is 2. The van der Waals surface area contributed by atoms with Crippen molar-refractivity contribution >= 4 is 29.3 Å². The molecule has 1 aliphatic rings. The average molecular weight is 389 g/mol. The van der Waals surface area contributed by atoms with Gasteiger partial charge in [0.1, 0.15) is 0 Å². The number of carbonyl (C=O) groups excluding carboxylic acids is 2. The molecule has 2 N–H and O–H groups in total. The molecule has 0 fully saturated rings. The molecule has 1 aromatic rings. The van der Waals surface area contributed by atoms with Gasteiger partial charge in [0.05, 0.1) is 5.75 Å². The van der Waals surface area contributed by atoms with Gasteiger partial charge in [0.25, 0.3) is 0 Å². The second-order valence-electron chi connectivity index (χ2n) is 7.18. The predicted molar refractivity (Wildman–Crippen MR) is 115 cm³/mol. The maximum Gasteiger partial charge on any atom is 0.230 e. The molecule has 1 aliphatic carbocycles. The molecule has 1 aromatic carbocycles. The summed E-state index contributed by atoms with van der Waals surface area (Å²) in [6, 6.07) is 6.00. The van der Waals surface area contributed by atoms with Crippen LogP contribution in [-0.4, -0.2) is 29.9 Å². The third kappa shape index (κ3) is 8.21. The Morgan fingerprint density at radius 3 is 2.59 bits per heavy atom. The lowest BCUT2D eigenvalue weighted by molar-refractivity contribution is -0.118. The Kier molecular flexibility index (Phi) is 9.46. The van der Waals surface area contributed by atoms with Crippen molar-refractivity contribution in [3.8, 4) is 0 Å². The number of allylic oxidation sites excluding steroid dienone is 1. The van der Waals surface area contributed by atoms with Crippen LogP contribution in [0.4, 0.5) is 5.69 Å².